The van der Waals surface area contributed by atoms with Crippen molar-refractivity contribution in [3.05, 3.63) is 57.5 Å². The molecule has 0 aliphatic carbocycles. The summed E-state index contributed by atoms with van der Waals surface area (Å²) < 4.78 is 2.98. The molecule has 0 unspecified atom stereocenters. The third-order valence-corrected chi connectivity index (χ3v) is 4.59. The van der Waals surface area contributed by atoms with Gasteiger partial charge in [-0.15, -0.1) is 0 Å². The number of aryl methyl sites for hydroxylation is 1. The first kappa shape index (κ1) is 17.9. The van der Waals surface area contributed by atoms with Gasteiger partial charge in [0.1, 0.15) is 12.2 Å². The first-order chi connectivity index (χ1) is 12.3. The predicted octanol–water partition coefficient (Wildman–Crippen LogP) is 2.83. The normalized spacial score (nSPS) is 15.7. The van der Waals surface area contributed by atoms with Crippen molar-refractivity contribution in [2.45, 2.75) is 13.8 Å². The third-order valence-electron chi connectivity index (χ3n) is 4.09. The molecule has 0 spiro atoms. The van der Waals surface area contributed by atoms with Crippen molar-refractivity contribution in [3.63, 3.8) is 0 Å². The van der Waals surface area contributed by atoms with E-state index in [1.807, 2.05) is 48.7 Å². The number of benzene rings is 1. The molecular formula is C18H16BrN3O4. The molecule has 7 nitrogen and oxygen atoms in total. The Labute approximate surface area is 158 Å². The smallest absolute Gasteiger partial charge is 0.329 e. The van der Waals surface area contributed by atoms with Gasteiger partial charge in [-0.3, -0.25) is 9.59 Å². The first-order valence-corrected chi connectivity index (χ1v) is 8.58. The molecule has 1 aromatic carbocycles. The number of amides is 3. The van der Waals surface area contributed by atoms with E-state index in [0.717, 1.165) is 27.1 Å². The van der Waals surface area contributed by atoms with Crippen LogP contribution < -0.4 is 5.32 Å². The highest BCUT2D eigenvalue weighted by Gasteiger charge is 2.35. The summed E-state index contributed by atoms with van der Waals surface area (Å²) in [6, 6.07) is 8.99. The van der Waals surface area contributed by atoms with Gasteiger partial charge in [-0.25, -0.2) is 9.69 Å². The topological polar surface area (TPSA) is 91.6 Å². The number of imide groups is 1. The molecule has 8 heteroatoms. The van der Waals surface area contributed by atoms with Crippen molar-refractivity contribution in [1.29, 1.82) is 0 Å². The number of carboxylic acid groups (broad SMARTS) is 1. The zero-order valence-electron chi connectivity index (χ0n) is 14.1. The van der Waals surface area contributed by atoms with Gasteiger partial charge in [-0.1, -0.05) is 22.0 Å². The number of carbonyl (C=O) groups excluding carboxylic acids is 2. The van der Waals surface area contributed by atoms with Gasteiger partial charge in [-0.05, 0) is 49.8 Å². The Hall–Kier alpha value is -2.87. The van der Waals surface area contributed by atoms with E-state index in [1.165, 1.54) is 0 Å². The molecule has 2 N–H and O–H groups in total. The fourth-order valence-corrected chi connectivity index (χ4v) is 3.34. The Morgan fingerprint density at radius 1 is 1.27 bits per heavy atom. The van der Waals surface area contributed by atoms with Crippen molar-refractivity contribution in [2.24, 2.45) is 0 Å². The summed E-state index contributed by atoms with van der Waals surface area (Å²) in [6.45, 7) is 3.19. The van der Waals surface area contributed by atoms with Crippen molar-refractivity contribution in [2.75, 3.05) is 6.54 Å². The van der Waals surface area contributed by atoms with Gasteiger partial charge in [0, 0.05) is 21.5 Å². The van der Waals surface area contributed by atoms with Crippen LogP contribution in [0.3, 0.4) is 0 Å². The summed E-state index contributed by atoms with van der Waals surface area (Å²) in [5.41, 5.74) is 3.65. The van der Waals surface area contributed by atoms with Crippen molar-refractivity contribution < 1.29 is 19.5 Å². The number of hydrogen-bond donors (Lipinski definition) is 2. The molecule has 1 aromatic heterocycles. The summed E-state index contributed by atoms with van der Waals surface area (Å²) in [5.74, 6) is -1.90. The van der Waals surface area contributed by atoms with E-state index in [4.69, 9.17) is 5.11 Å². The second-order valence-corrected chi connectivity index (χ2v) is 6.83. The van der Waals surface area contributed by atoms with Crippen LogP contribution in [0.25, 0.3) is 11.8 Å². The molecule has 1 saturated heterocycles. The minimum Gasteiger partial charge on any atom is -0.480 e. The molecule has 0 saturated carbocycles. The van der Waals surface area contributed by atoms with Gasteiger partial charge < -0.3 is 15.0 Å². The zero-order chi connectivity index (χ0) is 19.0. The first-order valence-electron chi connectivity index (χ1n) is 7.79. The van der Waals surface area contributed by atoms with E-state index >= 15 is 0 Å². The number of aromatic nitrogens is 1. The summed E-state index contributed by atoms with van der Waals surface area (Å²) in [7, 11) is 0. The lowest BCUT2D eigenvalue weighted by Crippen LogP contribution is -2.35. The van der Waals surface area contributed by atoms with E-state index in [2.05, 4.69) is 21.2 Å². The van der Waals surface area contributed by atoms with Crippen LogP contribution in [0.5, 0.6) is 0 Å². The van der Waals surface area contributed by atoms with E-state index in [0.29, 0.717) is 4.90 Å². The summed E-state index contributed by atoms with van der Waals surface area (Å²) in [5, 5.41) is 11.2. The lowest BCUT2D eigenvalue weighted by molar-refractivity contribution is -0.140. The van der Waals surface area contributed by atoms with Gasteiger partial charge in [0.25, 0.3) is 5.91 Å². The monoisotopic (exact) mass is 417 g/mol. The van der Waals surface area contributed by atoms with E-state index in [1.54, 1.807) is 6.08 Å². The average molecular weight is 418 g/mol. The SMILES string of the molecule is Cc1cc(/C=C2/NC(=O)N(CC(=O)O)C2=O)c(C)n1-c1cccc(Br)c1. The largest absolute Gasteiger partial charge is 0.480 e. The molecule has 1 aliphatic heterocycles. The third kappa shape index (κ3) is 3.28. The van der Waals surface area contributed by atoms with Crippen molar-refractivity contribution in [3.8, 4) is 5.69 Å². The molecule has 0 atom stereocenters. The molecule has 1 fully saturated rings. The Morgan fingerprint density at radius 3 is 2.65 bits per heavy atom. The molecule has 26 heavy (non-hydrogen) atoms. The highest BCUT2D eigenvalue weighted by Crippen LogP contribution is 2.25. The fourth-order valence-electron chi connectivity index (χ4n) is 2.95. The van der Waals surface area contributed by atoms with Gasteiger partial charge >= 0.3 is 12.0 Å². The molecule has 0 radical (unpaired) electrons. The van der Waals surface area contributed by atoms with Gasteiger partial charge in [0.2, 0.25) is 0 Å². The molecule has 0 bridgehead atoms. The molecule has 1 aliphatic rings. The molecular weight excluding hydrogens is 402 g/mol. The number of aliphatic carboxylic acids is 1. The van der Waals surface area contributed by atoms with Gasteiger partial charge in [0.15, 0.2) is 0 Å². The van der Waals surface area contributed by atoms with Crippen LogP contribution >= 0.6 is 15.9 Å². The maximum Gasteiger partial charge on any atom is 0.329 e. The second-order valence-electron chi connectivity index (χ2n) is 5.91. The Balaban J connectivity index is 1.98. The molecule has 134 valence electrons. The quantitative estimate of drug-likeness (QED) is 0.590. The van der Waals surface area contributed by atoms with Gasteiger partial charge in [0.05, 0.1) is 0 Å². The molecule has 2 aromatic rings. The average Bonchev–Trinajstić information content (AvgIpc) is 2.98. The number of carbonyl (C=O) groups is 3. The van der Waals surface area contributed by atoms with Crippen LogP contribution in [0.2, 0.25) is 0 Å². The van der Waals surface area contributed by atoms with Crippen LogP contribution in [0.15, 0.2) is 40.5 Å². The van der Waals surface area contributed by atoms with Crippen molar-refractivity contribution in [1.82, 2.24) is 14.8 Å². The van der Waals surface area contributed by atoms with Gasteiger partial charge in [-0.2, -0.15) is 0 Å². The maximum atomic E-state index is 12.3. The standard InChI is InChI=1S/C18H16BrN3O4/c1-10-6-12(11(2)22(10)14-5-3-4-13(19)8-14)7-15-17(25)21(9-16(23)24)18(26)20-15/h3-8H,9H2,1-2H3,(H,20,26)(H,23,24)/b15-7+. The Morgan fingerprint density at radius 2 is 2.00 bits per heavy atom. The Kier molecular flexibility index (Phi) is 4.69. The molecule has 3 amide bonds. The molecule has 2 heterocycles. The lowest BCUT2D eigenvalue weighted by atomic mass is 10.2. The lowest BCUT2D eigenvalue weighted by Gasteiger charge is -2.10. The highest BCUT2D eigenvalue weighted by molar-refractivity contribution is 9.10. The summed E-state index contributed by atoms with van der Waals surface area (Å²) >= 11 is 3.46. The zero-order valence-corrected chi connectivity index (χ0v) is 15.7. The summed E-state index contributed by atoms with van der Waals surface area (Å²) in [4.78, 5) is 35.6. The number of urea groups is 1. The van der Waals surface area contributed by atoms with Crippen LogP contribution in [0.4, 0.5) is 4.79 Å². The number of hydrogen-bond acceptors (Lipinski definition) is 3. The van der Waals surface area contributed by atoms with E-state index < -0.39 is 24.5 Å². The number of carboxylic acids is 1. The highest BCUT2D eigenvalue weighted by atomic mass is 79.9. The number of nitrogens with one attached hydrogen (secondary N) is 1. The number of nitrogens with zero attached hydrogens (tertiary/aromatic N) is 2. The number of rotatable bonds is 4. The predicted molar refractivity (Wildman–Crippen MR) is 98.8 cm³/mol. The van der Waals surface area contributed by atoms with E-state index in [-0.39, 0.29) is 5.70 Å². The van der Waals surface area contributed by atoms with Crippen LogP contribution in [-0.2, 0) is 9.59 Å². The molecule has 3 rings (SSSR count). The van der Waals surface area contributed by atoms with Crippen LogP contribution in [0, 0.1) is 13.8 Å². The number of halogens is 1. The summed E-state index contributed by atoms with van der Waals surface area (Å²) in [6.07, 6.45) is 1.57. The minimum absolute atomic E-state index is 0.0609. The van der Waals surface area contributed by atoms with E-state index in [9.17, 15) is 14.4 Å². The van der Waals surface area contributed by atoms with Crippen LogP contribution in [0.1, 0.15) is 17.0 Å². The maximum absolute atomic E-state index is 12.3. The van der Waals surface area contributed by atoms with Crippen molar-refractivity contribution >= 4 is 39.9 Å². The minimum atomic E-state index is -1.25. The van der Waals surface area contributed by atoms with Crippen LogP contribution in [-0.4, -0.2) is 39.0 Å². The Bertz CT molecular complexity index is 961. The second kappa shape index (κ2) is 6.80. The fraction of sp³-hybridized carbons (Fsp3) is 0.167.